The van der Waals surface area contributed by atoms with Gasteiger partial charge in [-0.05, 0) is 48.6 Å². The Morgan fingerprint density at radius 1 is 0.750 bits per heavy atom. The molecule has 0 saturated heterocycles. The summed E-state index contributed by atoms with van der Waals surface area (Å²) >= 11 is 0. The Balaban J connectivity index is 1.89. The number of ether oxygens (including phenoxy) is 1. The largest absolute Gasteiger partial charge is 0.496 e. The van der Waals surface area contributed by atoms with E-state index in [0.29, 0.717) is 0 Å². The highest BCUT2D eigenvalue weighted by Crippen LogP contribution is 2.43. The molecule has 0 unspecified atom stereocenters. The van der Waals surface area contributed by atoms with Gasteiger partial charge >= 0.3 is 0 Å². The molecule has 0 radical (unpaired) electrons. The van der Waals surface area contributed by atoms with E-state index in [2.05, 4.69) is 18.2 Å². The van der Waals surface area contributed by atoms with Crippen molar-refractivity contribution in [3.05, 3.63) is 29.3 Å². The zero-order valence-electron chi connectivity index (χ0n) is 12.9. The molecule has 0 spiro atoms. The van der Waals surface area contributed by atoms with Crippen LogP contribution in [0.25, 0.3) is 0 Å². The number of rotatable bonds is 3. The summed E-state index contributed by atoms with van der Waals surface area (Å²) < 4.78 is 5.88. The van der Waals surface area contributed by atoms with E-state index in [4.69, 9.17) is 4.74 Å². The third kappa shape index (κ3) is 2.87. The topological polar surface area (TPSA) is 9.23 Å². The summed E-state index contributed by atoms with van der Waals surface area (Å²) in [6.45, 7) is 0. The second-order valence-corrected chi connectivity index (χ2v) is 6.64. The fourth-order valence-corrected chi connectivity index (χ4v) is 4.28. The van der Waals surface area contributed by atoms with Crippen molar-refractivity contribution >= 4 is 0 Å². The van der Waals surface area contributed by atoms with E-state index in [0.717, 1.165) is 11.8 Å². The van der Waals surface area contributed by atoms with Gasteiger partial charge in [-0.1, -0.05) is 56.7 Å². The molecular weight excluding hydrogens is 244 g/mol. The molecule has 3 rings (SSSR count). The highest BCUT2D eigenvalue weighted by Gasteiger charge is 2.24. The van der Waals surface area contributed by atoms with Gasteiger partial charge in [0, 0.05) is 0 Å². The standard InChI is InChI=1S/C19H28O/c1-20-19-17(15-9-4-2-5-10-15)13-8-14-18(19)16-11-6-3-7-12-16/h8,13-16H,2-7,9-12H2,1H3. The first-order valence-corrected chi connectivity index (χ1v) is 8.57. The normalized spacial score (nSPS) is 21.9. The maximum Gasteiger partial charge on any atom is 0.125 e. The molecule has 0 heterocycles. The van der Waals surface area contributed by atoms with E-state index in [1.54, 1.807) is 0 Å². The lowest BCUT2D eigenvalue weighted by molar-refractivity contribution is 0.369. The predicted molar refractivity (Wildman–Crippen MR) is 84.6 cm³/mol. The molecule has 1 nitrogen and oxygen atoms in total. The average Bonchev–Trinajstić information content (AvgIpc) is 2.55. The molecule has 20 heavy (non-hydrogen) atoms. The van der Waals surface area contributed by atoms with Crippen LogP contribution in [0.4, 0.5) is 0 Å². The quantitative estimate of drug-likeness (QED) is 0.676. The first-order valence-electron chi connectivity index (χ1n) is 8.57. The minimum absolute atomic E-state index is 0.738. The number of methoxy groups -OCH3 is 1. The van der Waals surface area contributed by atoms with Crippen molar-refractivity contribution in [2.24, 2.45) is 0 Å². The van der Waals surface area contributed by atoms with Gasteiger partial charge in [-0.3, -0.25) is 0 Å². The molecule has 2 saturated carbocycles. The lowest BCUT2D eigenvalue weighted by Crippen LogP contribution is -2.11. The summed E-state index contributed by atoms with van der Waals surface area (Å²) in [5, 5.41) is 0. The molecular formula is C19H28O. The molecule has 1 aromatic carbocycles. The van der Waals surface area contributed by atoms with E-state index in [1.807, 2.05) is 7.11 Å². The summed E-state index contributed by atoms with van der Waals surface area (Å²) in [5.74, 6) is 2.70. The Hall–Kier alpha value is -0.980. The molecule has 2 fully saturated rings. The van der Waals surface area contributed by atoms with Gasteiger partial charge in [-0.25, -0.2) is 0 Å². The maximum absolute atomic E-state index is 5.88. The number of hydrogen-bond acceptors (Lipinski definition) is 1. The number of para-hydroxylation sites is 1. The van der Waals surface area contributed by atoms with Crippen LogP contribution in [0.1, 0.15) is 87.2 Å². The molecule has 0 atom stereocenters. The molecule has 0 aromatic heterocycles. The van der Waals surface area contributed by atoms with Crippen LogP contribution in [0.15, 0.2) is 18.2 Å². The van der Waals surface area contributed by atoms with E-state index < -0.39 is 0 Å². The molecule has 0 bridgehead atoms. The van der Waals surface area contributed by atoms with Crippen molar-refractivity contribution < 1.29 is 4.74 Å². The summed E-state index contributed by atoms with van der Waals surface area (Å²) in [4.78, 5) is 0. The van der Waals surface area contributed by atoms with Gasteiger partial charge in [-0.2, -0.15) is 0 Å². The van der Waals surface area contributed by atoms with Gasteiger partial charge in [0.1, 0.15) is 5.75 Å². The zero-order valence-corrected chi connectivity index (χ0v) is 12.9. The summed E-state index contributed by atoms with van der Waals surface area (Å²) in [5.41, 5.74) is 2.99. The number of benzene rings is 1. The van der Waals surface area contributed by atoms with Gasteiger partial charge in [0.15, 0.2) is 0 Å². The Morgan fingerprint density at radius 3 is 1.60 bits per heavy atom. The third-order valence-corrected chi connectivity index (χ3v) is 5.37. The zero-order chi connectivity index (χ0) is 13.8. The first-order chi connectivity index (χ1) is 9.90. The molecule has 1 heteroatoms. The van der Waals surface area contributed by atoms with Gasteiger partial charge in [0.25, 0.3) is 0 Å². The Kier molecular flexibility index (Phi) is 4.65. The first kappa shape index (κ1) is 14.0. The van der Waals surface area contributed by atoms with Gasteiger partial charge < -0.3 is 4.74 Å². The smallest absolute Gasteiger partial charge is 0.125 e. The van der Waals surface area contributed by atoms with E-state index in [-0.39, 0.29) is 0 Å². The second kappa shape index (κ2) is 6.65. The molecule has 0 amide bonds. The van der Waals surface area contributed by atoms with Crippen LogP contribution < -0.4 is 4.74 Å². The third-order valence-electron chi connectivity index (χ3n) is 5.37. The van der Waals surface area contributed by atoms with Crippen LogP contribution in [0.5, 0.6) is 5.75 Å². The predicted octanol–water partition coefficient (Wildman–Crippen LogP) is 5.79. The van der Waals surface area contributed by atoms with Crippen molar-refractivity contribution in [2.45, 2.75) is 76.0 Å². The van der Waals surface area contributed by atoms with Crippen LogP contribution in [-0.4, -0.2) is 7.11 Å². The Labute approximate surface area is 123 Å². The number of hydrogen-bond donors (Lipinski definition) is 0. The lowest BCUT2D eigenvalue weighted by atomic mass is 9.79. The lowest BCUT2D eigenvalue weighted by Gasteiger charge is -2.28. The van der Waals surface area contributed by atoms with Crippen molar-refractivity contribution in [2.75, 3.05) is 7.11 Å². The van der Waals surface area contributed by atoms with E-state index in [9.17, 15) is 0 Å². The van der Waals surface area contributed by atoms with E-state index >= 15 is 0 Å². The second-order valence-electron chi connectivity index (χ2n) is 6.64. The fraction of sp³-hybridized carbons (Fsp3) is 0.684. The van der Waals surface area contributed by atoms with Crippen LogP contribution in [0.3, 0.4) is 0 Å². The van der Waals surface area contributed by atoms with Gasteiger partial charge in [0.05, 0.1) is 7.11 Å². The summed E-state index contributed by atoms with van der Waals surface area (Å²) in [6, 6.07) is 6.92. The molecule has 2 aliphatic rings. The summed E-state index contributed by atoms with van der Waals surface area (Å²) in [7, 11) is 1.87. The molecule has 0 N–H and O–H groups in total. The molecule has 1 aromatic rings. The minimum Gasteiger partial charge on any atom is -0.496 e. The average molecular weight is 272 g/mol. The van der Waals surface area contributed by atoms with Crippen molar-refractivity contribution in [1.29, 1.82) is 0 Å². The van der Waals surface area contributed by atoms with Crippen molar-refractivity contribution in [3.8, 4) is 5.75 Å². The highest BCUT2D eigenvalue weighted by molar-refractivity contribution is 5.45. The maximum atomic E-state index is 5.88. The van der Waals surface area contributed by atoms with Crippen LogP contribution in [0.2, 0.25) is 0 Å². The van der Waals surface area contributed by atoms with Crippen LogP contribution in [0, 0.1) is 0 Å². The molecule has 0 aliphatic heterocycles. The van der Waals surface area contributed by atoms with Gasteiger partial charge in [-0.15, -0.1) is 0 Å². The monoisotopic (exact) mass is 272 g/mol. The molecule has 2 aliphatic carbocycles. The fourth-order valence-electron chi connectivity index (χ4n) is 4.28. The highest BCUT2D eigenvalue weighted by atomic mass is 16.5. The van der Waals surface area contributed by atoms with Crippen LogP contribution in [-0.2, 0) is 0 Å². The Bertz CT molecular complexity index is 389. The van der Waals surface area contributed by atoms with Crippen LogP contribution >= 0.6 is 0 Å². The SMILES string of the molecule is COc1c(C2CCCCC2)cccc1C1CCCCC1. The van der Waals surface area contributed by atoms with E-state index in [1.165, 1.54) is 81.1 Å². The Morgan fingerprint density at radius 2 is 1.20 bits per heavy atom. The van der Waals surface area contributed by atoms with Crippen molar-refractivity contribution in [1.82, 2.24) is 0 Å². The summed E-state index contributed by atoms with van der Waals surface area (Å²) in [6.07, 6.45) is 13.8. The minimum atomic E-state index is 0.738. The van der Waals surface area contributed by atoms with Gasteiger partial charge in [0.2, 0.25) is 0 Å². The molecule has 110 valence electrons. The van der Waals surface area contributed by atoms with Crippen molar-refractivity contribution in [3.63, 3.8) is 0 Å².